The molecule has 0 radical (unpaired) electrons. The van der Waals surface area contributed by atoms with Crippen LogP contribution in [0.1, 0.15) is 5.76 Å². The second-order valence-electron chi connectivity index (χ2n) is 3.14. The summed E-state index contributed by atoms with van der Waals surface area (Å²) in [5.74, 6) is 0.276. The summed E-state index contributed by atoms with van der Waals surface area (Å²) in [7, 11) is 0. The van der Waals surface area contributed by atoms with Gasteiger partial charge in [0.1, 0.15) is 11.3 Å². The molecule has 0 bridgehead atoms. The summed E-state index contributed by atoms with van der Waals surface area (Å²) in [5, 5.41) is 0.959. The Morgan fingerprint density at radius 1 is 1.47 bits per heavy atom. The van der Waals surface area contributed by atoms with Crippen LogP contribution in [-0.4, -0.2) is 16.8 Å². The third kappa shape index (κ3) is 2.00. The van der Waals surface area contributed by atoms with Gasteiger partial charge in [0.25, 0.3) is 0 Å². The van der Waals surface area contributed by atoms with Crippen molar-refractivity contribution in [3.63, 3.8) is 0 Å². The zero-order chi connectivity index (χ0) is 10.7. The Bertz CT molecular complexity index is 517. The van der Waals surface area contributed by atoms with Gasteiger partial charge in [-0.15, -0.1) is 0 Å². The smallest absolute Gasteiger partial charge is 0.323 e. The van der Waals surface area contributed by atoms with E-state index in [1.165, 1.54) is 0 Å². The molecule has 0 saturated carbocycles. The number of furan rings is 1. The van der Waals surface area contributed by atoms with Crippen molar-refractivity contribution < 1.29 is 14.0 Å². The molecule has 1 aromatic carbocycles. The Morgan fingerprint density at radius 2 is 2.27 bits per heavy atom. The van der Waals surface area contributed by atoms with Crippen molar-refractivity contribution in [3.8, 4) is 0 Å². The summed E-state index contributed by atoms with van der Waals surface area (Å²) in [5.41, 5.74) is 8.92. The average Bonchev–Trinajstić information content (AvgIpc) is 2.59. The number of Topliss-reactive ketones (excluding diaryl/α,β-unsaturated/α-hetero) is 1. The second kappa shape index (κ2) is 3.90. The number of hydrogen-bond acceptors (Lipinski definition) is 2. The van der Waals surface area contributed by atoms with E-state index in [0.717, 1.165) is 17.2 Å². The van der Waals surface area contributed by atoms with Crippen molar-refractivity contribution in [2.24, 2.45) is 0 Å². The highest BCUT2D eigenvalue weighted by molar-refractivity contribution is 6.25. The number of hydrogen-bond donors (Lipinski definition) is 0. The van der Waals surface area contributed by atoms with Crippen molar-refractivity contribution in [2.75, 3.05) is 0 Å². The van der Waals surface area contributed by atoms with Crippen LogP contribution in [0, 0.1) is 0 Å². The average molecular weight is 200 g/mol. The molecule has 15 heavy (non-hydrogen) atoms. The summed E-state index contributed by atoms with van der Waals surface area (Å²) < 4.78 is 5.42. The molecule has 4 nitrogen and oxygen atoms in total. The summed E-state index contributed by atoms with van der Waals surface area (Å²) in [6, 6.07) is 9.32. The maximum Gasteiger partial charge on any atom is 0.323 e. The van der Waals surface area contributed by atoms with Crippen LogP contribution >= 0.6 is 0 Å². The molecule has 0 saturated heterocycles. The van der Waals surface area contributed by atoms with E-state index >= 15 is 0 Å². The van der Waals surface area contributed by atoms with Gasteiger partial charge in [0.2, 0.25) is 5.78 Å². The van der Waals surface area contributed by atoms with E-state index in [4.69, 9.17) is 9.95 Å². The lowest BCUT2D eigenvalue weighted by Crippen LogP contribution is -2.03. The van der Waals surface area contributed by atoms with Crippen LogP contribution in [0.15, 0.2) is 34.7 Å². The van der Waals surface area contributed by atoms with Gasteiger partial charge in [-0.3, -0.25) is 4.79 Å². The summed E-state index contributed by atoms with van der Waals surface area (Å²) in [6.45, 7) is 0. The molecule has 0 atom stereocenters. The van der Waals surface area contributed by atoms with E-state index in [1.54, 1.807) is 6.07 Å². The van der Waals surface area contributed by atoms with Crippen LogP contribution in [0.3, 0.4) is 0 Å². The van der Waals surface area contributed by atoms with Gasteiger partial charge < -0.3 is 9.95 Å². The molecule has 0 N–H and O–H groups in total. The van der Waals surface area contributed by atoms with Gasteiger partial charge in [0, 0.05) is 5.39 Å². The minimum Gasteiger partial charge on any atom is -0.461 e. The molecule has 2 aromatic rings. The van der Waals surface area contributed by atoms with Gasteiger partial charge in [0.05, 0.1) is 6.42 Å². The van der Waals surface area contributed by atoms with Crippen molar-refractivity contribution in [2.45, 2.75) is 6.42 Å². The highest BCUT2D eigenvalue weighted by atomic mass is 16.3. The third-order valence-electron chi connectivity index (χ3n) is 2.03. The van der Waals surface area contributed by atoms with Crippen molar-refractivity contribution in [1.82, 2.24) is 0 Å². The number of ketones is 1. The number of carbonyl (C=O) groups is 1. The van der Waals surface area contributed by atoms with Gasteiger partial charge >= 0.3 is 6.21 Å². The second-order valence-corrected chi connectivity index (χ2v) is 3.14. The first kappa shape index (κ1) is 9.37. The fraction of sp³-hybridized carbons (Fsp3) is 0.0909. The monoisotopic (exact) mass is 200 g/mol. The Morgan fingerprint density at radius 3 is 3.00 bits per heavy atom. The Balaban J connectivity index is 2.29. The molecule has 0 aliphatic heterocycles. The van der Waals surface area contributed by atoms with Gasteiger partial charge in [-0.25, -0.2) is 0 Å². The third-order valence-corrected chi connectivity index (χ3v) is 2.03. The minimum absolute atomic E-state index is 0.110. The molecule has 0 aliphatic rings. The first-order chi connectivity index (χ1) is 7.29. The molecule has 0 fully saturated rings. The van der Waals surface area contributed by atoms with E-state index in [0.29, 0.717) is 5.76 Å². The van der Waals surface area contributed by atoms with Crippen molar-refractivity contribution >= 4 is 23.0 Å². The van der Waals surface area contributed by atoms with Gasteiger partial charge in [0.15, 0.2) is 0 Å². The quantitative estimate of drug-likeness (QED) is 0.431. The van der Waals surface area contributed by atoms with E-state index < -0.39 is 0 Å². The van der Waals surface area contributed by atoms with Crippen LogP contribution in [0.5, 0.6) is 0 Å². The van der Waals surface area contributed by atoms with E-state index in [1.807, 2.05) is 24.3 Å². The van der Waals surface area contributed by atoms with Crippen LogP contribution in [0.25, 0.3) is 16.5 Å². The number of para-hydroxylation sites is 1. The number of fused-ring (bicyclic) bond motifs is 1. The molecule has 0 unspecified atom stereocenters. The maximum atomic E-state index is 11.1. The fourth-order valence-corrected chi connectivity index (χ4v) is 1.41. The molecular formula is C11H8N2O2. The molecule has 74 valence electrons. The van der Waals surface area contributed by atoms with Gasteiger partial charge in [-0.2, -0.15) is 4.79 Å². The lowest BCUT2D eigenvalue weighted by Gasteiger charge is -1.86. The lowest BCUT2D eigenvalue weighted by atomic mass is 10.2. The number of benzene rings is 1. The first-order valence-electron chi connectivity index (χ1n) is 4.47. The molecule has 2 rings (SSSR count). The molecule has 0 aliphatic carbocycles. The fourth-order valence-electron chi connectivity index (χ4n) is 1.41. The molecule has 1 aromatic heterocycles. The van der Waals surface area contributed by atoms with E-state index in [-0.39, 0.29) is 12.2 Å². The predicted molar refractivity (Wildman–Crippen MR) is 54.6 cm³/mol. The number of rotatable bonds is 3. The molecular weight excluding hydrogens is 192 g/mol. The van der Waals surface area contributed by atoms with Crippen LogP contribution in [0.4, 0.5) is 0 Å². The molecule has 4 heteroatoms. The van der Waals surface area contributed by atoms with Gasteiger partial charge in [-0.1, -0.05) is 18.2 Å². The Kier molecular flexibility index (Phi) is 2.44. The maximum absolute atomic E-state index is 11.1. The summed E-state index contributed by atoms with van der Waals surface area (Å²) >= 11 is 0. The zero-order valence-corrected chi connectivity index (χ0v) is 7.88. The molecule has 0 amide bonds. The standard InChI is InChI=1S/C11H8N2O2/c12-13-7-9(14)6-10-5-8-3-1-2-4-11(8)15-10/h1-5,7H,6H2. The summed E-state index contributed by atoms with van der Waals surface area (Å²) in [6.07, 6.45) is 0.978. The molecule has 0 spiro atoms. The normalized spacial score (nSPS) is 9.87. The Labute approximate surface area is 85.7 Å². The number of nitrogens with zero attached hydrogens (tertiary/aromatic N) is 2. The molecule has 1 heterocycles. The first-order valence-corrected chi connectivity index (χ1v) is 4.47. The van der Waals surface area contributed by atoms with Crippen LogP contribution in [-0.2, 0) is 11.2 Å². The minimum atomic E-state index is -0.295. The highest BCUT2D eigenvalue weighted by Crippen LogP contribution is 2.18. The predicted octanol–water partition coefficient (Wildman–Crippen LogP) is 1.84. The SMILES string of the molecule is [N-]=[N+]=CC(=O)Cc1cc2ccccc2o1. The topological polar surface area (TPSA) is 66.6 Å². The zero-order valence-electron chi connectivity index (χ0n) is 7.88. The summed E-state index contributed by atoms with van der Waals surface area (Å²) in [4.78, 5) is 13.8. The van der Waals surface area contributed by atoms with Crippen molar-refractivity contribution in [1.29, 1.82) is 0 Å². The number of carbonyl (C=O) groups excluding carboxylic acids is 1. The highest BCUT2D eigenvalue weighted by Gasteiger charge is 2.09. The van der Waals surface area contributed by atoms with Crippen LogP contribution in [0.2, 0.25) is 0 Å². The lowest BCUT2D eigenvalue weighted by molar-refractivity contribution is -0.115. The van der Waals surface area contributed by atoms with Gasteiger partial charge in [-0.05, 0) is 12.1 Å². The largest absolute Gasteiger partial charge is 0.461 e. The van der Waals surface area contributed by atoms with Crippen LogP contribution < -0.4 is 0 Å². The Hall–Kier alpha value is -2.19. The van der Waals surface area contributed by atoms with E-state index in [9.17, 15) is 4.79 Å². The van der Waals surface area contributed by atoms with E-state index in [2.05, 4.69) is 4.79 Å². The van der Waals surface area contributed by atoms with Crippen molar-refractivity contribution in [3.05, 3.63) is 41.6 Å².